The van der Waals surface area contributed by atoms with E-state index in [1.807, 2.05) is 5.32 Å². The fraction of sp³-hybridized carbons (Fsp3) is 0.778. The molecule has 17 heavy (non-hydrogen) atoms. The third-order valence-corrected chi connectivity index (χ3v) is 1.87. The largest absolute Gasteiger partial charge is 0.480 e. The van der Waals surface area contributed by atoms with Gasteiger partial charge >= 0.3 is 18.2 Å². The van der Waals surface area contributed by atoms with Crippen molar-refractivity contribution in [2.75, 3.05) is 6.54 Å². The van der Waals surface area contributed by atoms with Crippen LogP contribution in [0.15, 0.2) is 0 Å². The van der Waals surface area contributed by atoms with Crippen LogP contribution in [0, 0.1) is 0 Å². The summed E-state index contributed by atoms with van der Waals surface area (Å²) < 4.78 is 35.3. The van der Waals surface area contributed by atoms with Crippen molar-refractivity contribution in [3.63, 3.8) is 0 Å². The van der Waals surface area contributed by atoms with Gasteiger partial charge in [0.1, 0.15) is 6.04 Å². The Balaban J connectivity index is 3.95. The van der Waals surface area contributed by atoms with Crippen molar-refractivity contribution < 1.29 is 27.9 Å². The summed E-state index contributed by atoms with van der Waals surface area (Å²) in [4.78, 5) is 21.7. The van der Waals surface area contributed by atoms with E-state index in [1.54, 1.807) is 6.92 Å². The lowest BCUT2D eigenvalue weighted by Crippen LogP contribution is -2.46. The lowest BCUT2D eigenvalue weighted by atomic mass is 10.2. The minimum Gasteiger partial charge on any atom is -0.480 e. The van der Waals surface area contributed by atoms with Crippen LogP contribution in [0.25, 0.3) is 0 Å². The summed E-state index contributed by atoms with van der Waals surface area (Å²) in [7, 11) is 0. The smallest absolute Gasteiger partial charge is 0.390 e. The van der Waals surface area contributed by atoms with E-state index < -0.39 is 37.2 Å². The Morgan fingerprint density at radius 2 is 1.94 bits per heavy atom. The summed E-state index contributed by atoms with van der Waals surface area (Å²) >= 11 is 0. The van der Waals surface area contributed by atoms with E-state index in [1.165, 1.54) is 0 Å². The molecule has 0 bridgehead atoms. The van der Waals surface area contributed by atoms with Crippen LogP contribution in [-0.4, -0.2) is 35.9 Å². The number of carboxylic acids is 1. The van der Waals surface area contributed by atoms with E-state index in [4.69, 9.17) is 5.11 Å². The second kappa shape index (κ2) is 6.97. The van der Waals surface area contributed by atoms with E-state index in [9.17, 15) is 22.8 Å². The molecule has 0 aromatic rings. The van der Waals surface area contributed by atoms with Gasteiger partial charge in [-0.1, -0.05) is 13.3 Å². The third-order valence-electron chi connectivity index (χ3n) is 1.87. The van der Waals surface area contributed by atoms with Crippen molar-refractivity contribution in [3.05, 3.63) is 0 Å². The van der Waals surface area contributed by atoms with E-state index in [-0.39, 0.29) is 6.42 Å². The number of hydrogen-bond acceptors (Lipinski definition) is 2. The van der Waals surface area contributed by atoms with Gasteiger partial charge in [0, 0.05) is 6.54 Å². The molecule has 0 unspecified atom stereocenters. The minimum atomic E-state index is -4.34. The van der Waals surface area contributed by atoms with Crippen molar-refractivity contribution in [3.8, 4) is 0 Å². The molecule has 0 heterocycles. The molecule has 8 heteroatoms. The van der Waals surface area contributed by atoms with Gasteiger partial charge in [0.2, 0.25) is 0 Å². The average molecular weight is 256 g/mol. The molecule has 100 valence electrons. The number of alkyl halides is 3. The van der Waals surface area contributed by atoms with Gasteiger partial charge in [-0.3, -0.25) is 0 Å². The van der Waals surface area contributed by atoms with Crippen molar-refractivity contribution in [2.45, 2.75) is 38.4 Å². The Bertz CT molecular complexity index is 269. The van der Waals surface area contributed by atoms with Crippen molar-refractivity contribution in [1.82, 2.24) is 10.6 Å². The molecule has 0 saturated heterocycles. The number of aliphatic carboxylic acids is 1. The summed E-state index contributed by atoms with van der Waals surface area (Å²) in [6.07, 6.45) is -4.73. The lowest BCUT2D eigenvalue weighted by Gasteiger charge is -2.14. The molecule has 0 fully saturated rings. The van der Waals surface area contributed by atoms with Gasteiger partial charge in [-0.25, -0.2) is 9.59 Å². The molecule has 0 aromatic carbocycles. The fourth-order valence-electron chi connectivity index (χ4n) is 1.07. The molecule has 0 radical (unpaired) electrons. The SMILES string of the molecule is CCC[C@@H](NC(=O)NCCC(F)(F)F)C(=O)O. The first-order valence-electron chi connectivity index (χ1n) is 5.10. The molecule has 0 aromatic heterocycles. The normalized spacial score (nSPS) is 12.9. The molecule has 2 amide bonds. The highest BCUT2D eigenvalue weighted by atomic mass is 19.4. The van der Waals surface area contributed by atoms with E-state index >= 15 is 0 Å². The number of halogens is 3. The zero-order valence-electron chi connectivity index (χ0n) is 9.30. The number of hydrogen-bond donors (Lipinski definition) is 3. The summed E-state index contributed by atoms with van der Waals surface area (Å²) in [6, 6.07) is -1.99. The third kappa shape index (κ3) is 8.35. The molecular formula is C9H15F3N2O3. The molecule has 0 spiro atoms. The van der Waals surface area contributed by atoms with Crippen LogP contribution in [-0.2, 0) is 4.79 Å². The molecule has 0 saturated carbocycles. The second-order valence-corrected chi connectivity index (χ2v) is 3.44. The predicted molar refractivity (Wildman–Crippen MR) is 53.5 cm³/mol. The quantitative estimate of drug-likeness (QED) is 0.673. The van der Waals surface area contributed by atoms with Crippen LogP contribution < -0.4 is 10.6 Å². The summed E-state index contributed by atoms with van der Waals surface area (Å²) in [5, 5.41) is 12.7. The number of carbonyl (C=O) groups is 2. The maximum atomic E-state index is 11.8. The molecule has 5 nitrogen and oxygen atoms in total. The average Bonchev–Trinajstić information content (AvgIpc) is 2.14. The van der Waals surface area contributed by atoms with Crippen molar-refractivity contribution in [2.24, 2.45) is 0 Å². The molecule has 0 rings (SSSR count). The Kier molecular flexibility index (Phi) is 6.37. The number of rotatable bonds is 6. The second-order valence-electron chi connectivity index (χ2n) is 3.44. The molecule has 3 N–H and O–H groups in total. The van der Waals surface area contributed by atoms with Gasteiger partial charge in [-0.15, -0.1) is 0 Å². The molecule has 1 atom stereocenters. The summed E-state index contributed by atoms with van der Waals surface area (Å²) in [5.41, 5.74) is 0. The van der Waals surface area contributed by atoms with Crippen LogP contribution in [0.2, 0.25) is 0 Å². The topological polar surface area (TPSA) is 78.4 Å². The molecule has 0 aliphatic carbocycles. The van der Waals surface area contributed by atoms with Gasteiger partial charge in [0.15, 0.2) is 0 Å². The fourth-order valence-corrected chi connectivity index (χ4v) is 1.07. The molecule has 0 aliphatic rings. The van der Waals surface area contributed by atoms with Crippen LogP contribution in [0.5, 0.6) is 0 Å². The van der Waals surface area contributed by atoms with Crippen molar-refractivity contribution >= 4 is 12.0 Å². The van der Waals surface area contributed by atoms with Gasteiger partial charge in [-0.05, 0) is 6.42 Å². The standard InChI is InChI=1S/C9H15F3N2O3/c1-2-3-6(7(15)16)14-8(17)13-5-4-9(10,11)12/h6H,2-5H2,1H3,(H,15,16)(H2,13,14,17)/t6-/m1/s1. The zero-order valence-corrected chi connectivity index (χ0v) is 9.30. The lowest BCUT2D eigenvalue weighted by molar-refractivity contribution is -0.139. The summed E-state index contributed by atoms with van der Waals surface area (Å²) in [5.74, 6) is -1.21. The highest BCUT2D eigenvalue weighted by Gasteiger charge is 2.27. The monoisotopic (exact) mass is 256 g/mol. The molecule has 0 aliphatic heterocycles. The molecular weight excluding hydrogens is 241 g/mol. The number of carbonyl (C=O) groups excluding carboxylic acids is 1. The highest BCUT2D eigenvalue weighted by Crippen LogP contribution is 2.17. The first-order valence-corrected chi connectivity index (χ1v) is 5.10. The van der Waals surface area contributed by atoms with E-state index in [0.29, 0.717) is 6.42 Å². The van der Waals surface area contributed by atoms with Gasteiger partial charge in [-0.2, -0.15) is 13.2 Å². The van der Waals surface area contributed by atoms with Crippen molar-refractivity contribution in [1.29, 1.82) is 0 Å². The number of urea groups is 1. The van der Waals surface area contributed by atoms with Gasteiger partial charge < -0.3 is 15.7 Å². The minimum absolute atomic E-state index is 0.224. The highest BCUT2D eigenvalue weighted by molar-refractivity contribution is 5.82. The van der Waals surface area contributed by atoms with E-state index in [2.05, 4.69) is 5.32 Å². The Morgan fingerprint density at radius 1 is 1.35 bits per heavy atom. The Morgan fingerprint density at radius 3 is 2.35 bits per heavy atom. The van der Waals surface area contributed by atoms with Gasteiger partial charge in [0.05, 0.1) is 6.42 Å². The van der Waals surface area contributed by atoms with Crippen LogP contribution in [0.1, 0.15) is 26.2 Å². The van der Waals surface area contributed by atoms with Crippen LogP contribution in [0.3, 0.4) is 0 Å². The first-order chi connectivity index (χ1) is 7.76. The van der Waals surface area contributed by atoms with Crippen LogP contribution in [0.4, 0.5) is 18.0 Å². The predicted octanol–water partition coefficient (Wildman–Crippen LogP) is 1.49. The van der Waals surface area contributed by atoms with E-state index in [0.717, 1.165) is 0 Å². The Hall–Kier alpha value is -1.47. The van der Waals surface area contributed by atoms with Gasteiger partial charge in [0.25, 0.3) is 0 Å². The maximum Gasteiger partial charge on any atom is 0.390 e. The van der Waals surface area contributed by atoms with Crippen LogP contribution >= 0.6 is 0 Å². The number of amides is 2. The summed E-state index contributed by atoms with van der Waals surface area (Å²) in [6.45, 7) is 1.16. The first kappa shape index (κ1) is 15.5. The maximum absolute atomic E-state index is 11.8. The Labute approximate surface area is 96.4 Å². The zero-order chi connectivity index (χ0) is 13.5. The number of nitrogens with one attached hydrogen (secondary N) is 2. The number of carboxylic acid groups (broad SMARTS) is 1.